The largest absolute Gasteiger partial charge is 0.315 e. The lowest BCUT2D eigenvalue weighted by Crippen LogP contribution is -2.56. The van der Waals surface area contributed by atoms with Gasteiger partial charge >= 0.3 is 0 Å². The summed E-state index contributed by atoms with van der Waals surface area (Å²) in [5.41, 5.74) is 0.471. The molecular formula is C11H22N2. The van der Waals surface area contributed by atoms with E-state index in [1.54, 1.807) is 0 Å². The van der Waals surface area contributed by atoms with Crippen molar-refractivity contribution in [3.05, 3.63) is 0 Å². The van der Waals surface area contributed by atoms with E-state index in [0.29, 0.717) is 5.54 Å². The first-order chi connectivity index (χ1) is 6.41. The Bertz CT molecular complexity index is 140. The zero-order valence-electron chi connectivity index (χ0n) is 8.57. The first-order valence-electron chi connectivity index (χ1n) is 5.87. The number of hydrogen-bond donors (Lipinski definition) is 2. The van der Waals surface area contributed by atoms with Crippen LogP contribution in [0.25, 0.3) is 0 Å². The first-order valence-corrected chi connectivity index (χ1v) is 5.87. The Morgan fingerprint density at radius 3 is 2.46 bits per heavy atom. The smallest absolute Gasteiger partial charge is 0.0306 e. The maximum Gasteiger partial charge on any atom is 0.0306 e. The summed E-state index contributed by atoms with van der Waals surface area (Å²) in [5.74, 6) is 0. The van der Waals surface area contributed by atoms with Crippen LogP contribution in [0.3, 0.4) is 0 Å². The molecule has 2 aliphatic heterocycles. The Morgan fingerprint density at radius 2 is 1.62 bits per heavy atom. The monoisotopic (exact) mass is 182 g/mol. The highest BCUT2D eigenvalue weighted by atomic mass is 15.0. The second-order valence-corrected chi connectivity index (χ2v) is 4.65. The molecule has 0 radical (unpaired) electrons. The summed E-state index contributed by atoms with van der Waals surface area (Å²) in [5, 5.41) is 7.31. The second kappa shape index (κ2) is 4.43. The van der Waals surface area contributed by atoms with Gasteiger partial charge in [-0.15, -0.1) is 0 Å². The maximum atomic E-state index is 3.77. The van der Waals surface area contributed by atoms with E-state index in [1.165, 1.54) is 64.6 Å². The molecule has 0 aromatic rings. The van der Waals surface area contributed by atoms with Crippen molar-refractivity contribution in [3.8, 4) is 0 Å². The summed E-state index contributed by atoms with van der Waals surface area (Å²) in [7, 11) is 0. The van der Waals surface area contributed by atoms with Gasteiger partial charge < -0.3 is 10.6 Å². The number of hydrogen-bond acceptors (Lipinski definition) is 2. The van der Waals surface area contributed by atoms with E-state index in [1.807, 2.05) is 0 Å². The van der Waals surface area contributed by atoms with Crippen LogP contribution in [0.1, 0.15) is 44.9 Å². The zero-order chi connectivity index (χ0) is 8.99. The quantitative estimate of drug-likeness (QED) is 0.595. The van der Waals surface area contributed by atoms with Crippen molar-refractivity contribution < 1.29 is 0 Å². The van der Waals surface area contributed by atoms with Gasteiger partial charge in [-0.25, -0.2) is 0 Å². The SMILES string of the molecule is C1CCCC2(CCCNC2)NCC1. The lowest BCUT2D eigenvalue weighted by Gasteiger charge is -2.40. The van der Waals surface area contributed by atoms with Crippen molar-refractivity contribution in [1.29, 1.82) is 0 Å². The van der Waals surface area contributed by atoms with Gasteiger partial charge in [-0.2, -0.15) is 0 Å². The van der Waals surface area contributed by atoms with Crippen LogP contribution >= 0.6 is 0 Å². The van der Waals surface area contributed by atoms with E-state index in [4.69, 9.17) is 0 Å². The highest BCUT2D eigenvalue weighted by molar-refractivity contribution is 4.93. The summed E-state index contributed by atoms with van der Waals surface area (Å²) in [4.78, 5) is 0. The molecule has 0 saturated carbocycles. The molecule has 2 heterocycles. The average Bonchev–Trinajstić information content (AvgIpc) is 2.14. The molecule has 13 heavy (non-hydrogen) atoms. The predicted molar refractivity (Wildman–Crippen MR) is 55.9 cm³/mol. The Kier molecular flexibility index (Phi) is 3.23. The summed E-state index contributed by atoms with van der Waals surface area (Å²) in [6.07, 6.45) is 9.81. The molecule has 2 aliphatic rings. The lowest BCUT2D eigenvalue weighted by molar-refractivity contribution is 0.215. The molecule has 1 atom stereocenters. The number of piperidine rings is 1. The van der Waals surface area contributed by atoms with E-state index in [0.717, 1.165) is 0 Å². The van der Waals surface area contributed by atoms with Gasteiger partial charge in [-0.3, -0.25) is 0 Å². The molecule has 2 fully saturated rings. The van der Waals surface area contributed by atoms with Crippen molar-refractivity contribution >= 4 is 0 Å². The third-order valence-corrected chi connectivity index (χ3v) is 3.55. The second-order valence-electron chi connectivity index (χ2n) is 4.65. The molecule has 0 aliphatic carbocycles. The van der Waals surface area contributed by atoms with Gasteiger partial charge in [0.15, 0.2) is 0 Å². The molecule has 2 nitrogen and oxygen atoms in total. The molecule has 2 heteroatoms. The van der Waals surface area contributed by atoms with E-state index in [2.05, 4.69) is 10.6 Å². The third-order valence-electron chi connectivity index (χ3n) is 3.55. The fourth-order valence-corrected chi connectivity index (χ4v) is 2.72. The van der Waals surface area contributed by atoms with Crippen LogP contribution in [0.15, 0.2) is 0 Å². The van der Waals surface area contributed by atoms with Crippen molar-refractivity contribution in [3.63, 3.8) is 0 Å². The predicted octanol–water partition coefficient (Wildman–Crippen LogP) is 1.66. The molecule has 2 N–H and O–H groups in total. The normalized spacial score (nSPS) is 36.9. The molecule has 0 aromatic carbocycles. The lowest BCUT2D eigenvalue weighted by atomic mass is 9.83. The van der Waals surface area contributed by atoms with Crippen molar-refractivity contribution in [1.82, 2.24) is 10.6 Å². The summed E-state index contributed by atoms with van der Waals surface area (Å²) in [6.45, 7) is 3.66. The molecule has 0 bridgehead atoms. The van der Waals surface area contributed by atoms with E-state index >= 15 is 0 Å². The third kappa shape index (κ3) is 2.44. The van der Waals surface area contributed by atoms with Gasteiger partial charge in [0.25, 0.3) is 0 Å². The van der Waals surface area contributed by atoms with Gasteiger partial charge in [-0.1, -0.05) is 19.3 Å². The minimum atomic E-state index is 0.471. The molecule has 0 amide bonds. The standard InChI is InChI=1S/C11H22N2/c1-2-4-9-13-11(6-3-1)7-5-8-12-10-11/h12-13H,1-10H2. The fraction of sp³-hybridized carbons (Fsp3) is 1.00. The highest BCUT2D eigenvalue weighted by Crippen LogP contribution is 2.25. The molecular weight excluding hydrogens is 160 g/mol. The van der Waals surface area contributed by atoms with E-state index in [9.17, 15) is 0 Å². The van der Waals surface area contributed by atoms with E-state index < -0.39 is 0 Å². The number of rotatable bonds is 0. The minimum absolute atomic E-state index is 0.471. The van der Waals surface area contributed by atoms with Crippen molar-refractivity contribution in [2.75, 3.05) is 19.6 Å². The Labute approximate surface area is 81.5 Å². The molecule has 1 spiro atoms. The Balaban J connectivity index is 1.91. The van der Waals surface area contributed by atoms with Crippen LogP contribution in [0.2, 0.25) is 0 Å². The first kappa shape index (κ1) is 9.47. The zero-order valence-corrected chi connectivity index (χ0v) is 8.57. The Morgan fingerprint density at radius 1 is 0.769 bits per heavy atom. The van der Waals surface area contributed by atoms with Gasteiger partial charge in [0, 0.05) is 12.1 Å². The topological polar surface area (TPSA) is 24.1 Å². The molecule has 2 saturated heterocycles. The molecule has 1 unspecified atom stereocenters. The van der Waals surface area contributed by atoms with Crippen LogP contribution in [-0.4, -0.2) is 25.2 Å². The van der Waals surface area contributed by atoms with Crippen molar-refractivity contribution in [2.24, 2.45) is 0 Å². The number of nitrogens with one attached hydrogen (secondary N) is 2. The maximum absolute atomic E-state index is 3.77. The highest BCUT2D eigenvalue weighted by Gasteiger charge is 2.30. The van der Waals surface area contributed by atoms with Gasteiger partial charge in [-0.05, 0) is 38.8 Å². The van der Waals surface area contributed by atoms with Crippen LogP contribution in [-0.2, 0) is 0 Å². The molecule has 76 valence electrons. The summed E-state index contributed by atoms with van der Waals surface area (Å²) in [6, 6.07) is 0. The fourth-order valence-electron chi connectivity index (χ4n) is 2.72. The van der Waals surface area contributed by atoms with Crippen LogP contribution < -0.4 is 10.6 Å². The Hall–Kier alpha value is -0.0800. The van der Waals surface area contributed by atoms with Gasteiger partial charge in [0.05, 0.1) is 0 Å². The molecule has 0 aromatic heterocycles. The van der Waals surface area contributed by atoms with Crippen LogP contribution in [0.4, 0.5) is 0 Å². The van der Waals surface area contributed by atoms with Gasteiger partial charge in [0.1, 0.15) is 0 Å². The van der Waals surface area contributed by atoms with Crippen LogP contribution in [0, 0.1) is 0 Å². The van der Waals surface area contributed by atoms with E-state index in [-0.39, 0.29) is 0 Å². The molecule has 2 rings (SSSR count). The van der Waals surface area contributed by atoms with Crippen LogP contribution in [0.5, 0.6) is 0 Å². The summed E-state index contributed by atoms with van der Waals surface area (Å²) >= 11 is 0. The van der Waals surface area contributed by atoms with Crippen molar-refractivity contribution in [2.45, 2.75) is 50.5 Å². The minimum Gasteiger partial charge on any atom is -0.315 e. The summed E-state index contributed by atoms with van der Waals surface area (Å²) < 4.78 is 0. The average molecular weight is 182 g/mol. The van der Waals surface area contributed by atoms with Gasteiger partial charge in [0.2, 0.25) is 0 Å².